The Labute approximate surface area is 107 Å². The smallest absolute Gasteiger partial charge is 0.296 e. The molecule has 3 heterocycles. The van der Waals surface area contributed by atoms with E-state index in [1.165, 1.54) is 11.2 Å². The van der Waals surface area contributed by atoms with Crippen LogP contribution in [0.15, 0.2) is 24.7 Å². The number of carbonyl (C=O) groups excluding carboxylic acids is 3. The number of amides is 3. The molecule has 3 amide bonds. The van der Waals surface area contributed by atoms with Crippen LogP contribution in [0.25, 0.3) is 5.52 Å². The molecule has 0 aliphatic carbocycles. The maximum atomic E-state index is 11.8. The van der Waals surface area contributed by atoms with Crippen LogP contribution in [0.2, 0.25) is 0 Å². The van der Waals surface area contributed by atoms with Crippen molar-refractivity contribution in [3.05, 3.63) is 30.4 Å². The second-order valence-corrected chi connectivity index (χ2v) is 4.17. The van der Waals surface area contributed by atoms with Crippen molar-refractivity contribution in [2.75, 3.05) is 11.4 Å². The van der Waals surface area contributed by atoms with E-state index < -0.39 is 6.03 Å². The van der Waals surface area contributed by atoms with Gasteiger partial charge in [0.25, 0.3) is 0 Å². The fraction of sp³-hybridized carbons (Fsp3) is 0.167. The van der Waals surface area contributed by atoms with Crippen LogP contribution in [0.4, 0.5) is 10.5 Å². The molecule has 1 saturated heterocycles. The molecule has 2 aromatic rings. The summed E-state index contributed by atoms with van der Waals surface area (Å²) < 4.78 is 1.60. The average Bonchev–Trinajstić information content (AvgIpc) is 2.87. The van der Waals surface area contributed by atoms with Crippen molar-refractivity contribution in [3.63, 3.8) is 0 Å². The number of urea groups is 1. The minimum absolute atomic E-state index is 0.251. The molecule has 0 atom stereocenters. The van der Waals surface area contributed by atoms with Crippen LogP contribution in [0.3, 0.4) is 0 Å². The number of rotatable bonds is 2. The quantitative estimate of drug-likeness (QED) is 0.799. The third kappa shape index (κ3) is 1.75. The summed E-state index contributed by atoms with van der Waals surface area (Å²) in [5.74, 6) is -0.282. The van der Waals surface area contributed by atoms with Crippen LogP contribution in [0.1, 0.15) is 16.9 Å². The number of nitrogens with zero attached hydrogens (tertiary/aromatic N) is 3. The number of pyridine rings is 1. The van der Waals surface area contributed by atoms with E-state index in [-0.39, 0.29) is 12.3 Å². The highest BCUT2D eigenvalue weighted by atomic mass is 16.2. The Morgan fingerprint density at radius 3 is 2.89 bits per heavy atom. The number of anilines is 1. The lowest BCUT2D eigenvalue weighted by molar-refractivity contribution is -0.120. The van der Waals surface area contributed by atoms with Crippen LogP contribution in [-0.2, 0) is 4.79 Å². The van der Waals surface area contributed by atoms with Gasteiger partial charge in [-0.15, -0.1) is 0 Å². The van der Waals surface area contributed by atoms with Crippen molar-refractivity contribution in [2.45, 2.75) is 6.42 Å². The molecule has 7 nitrogen and oxygen atoms in total. The molecule has 0 bridgehead atoms. The number of aldehydes is 1. The molecular weight excluding hydrogens is 248 g/mol. The Morgan fingerprint density at radius 2 is 2.16 bits per heavy atom. The molecule has 0 unspecified atom stereocenters. The van der Waals surface area contributed by atoms with E-state index in [2.05, 4.69) is 10.3 Å². The maximum absolute atomic E-state index is 11.8. The Morgan fingerprint density at radius 1 is 1.32 bits per heavy atom. The number of hydrogen-bond donors (Lipinski definition) is 1. The summed E-state index contributed by atoms with van der Waals surface area (Å²) in [5, 5.41) is 2.26. The number of imidazole rings is 1. The van der Waals surface area contributed by atoms with Crippen molar-refractivity contribution >= 4 is 29.4 Å². The molecule has 0 radical (unpaired) electrons. The zero-order valence-corrected chi connectivity index (χ0v) is 9.87. The number of carbonyl (C=O) groups is 3. The average molecular weight is 258 g/mol. The Hall–Kier alpha value is -2.70. The van der Waals surface area contributed by atoms with Gasteiger partial charge in [-0.2, -0.15) is 0 Å². The van der Waals surface area contributed by atoms with Gasteiger partial charge in [-0.05, 0) is 12.1 Å². The summed E-state index contributed by atoms with van der Waals surface area (Å²) in [6, 6.07) is 2.83. The highest BCUT2D eigenvalue weighted by Crippen LogP contribution is 2.24. The molecular formula is C12H10N4O3. The van der Waals surface area contributed by atoms with Gasteiger partial charge in [0, 0.05) is 13.0 Å². The van der Waals surface area contributed by atoms with E-state index >= 15 is 0 Å². The number of hydrogen-bond acceptors (Lipinski definition) is 4. The van der Waals surface area contributed by atoms with Gasteiger partial charge >= 0.3 is 6.03 Å². The van der Waals surface area contributed by atoms with Crippen molar-refractivity contribution in [3.8, 4) is 0 Å². The van der Waals surface area contributed by atoms with Gasteiger partial charge in [0.2, 0.25) is 5.91 Å². The number of aromatic nitrogens is 2. The number of imide groups is 1. The monoisotopic (exact) mass is 258 g/mol. The topological polar surface area (TPSA) is 83.8 Å². The van der Waals surface area contributed by atoms with E-state index in [1.54, 1.807) is 22.7 Å². The minimum Gasteiger partial charge on any atom is -0.296 e. The molecule has 3 rings (SSSR count). The van der Waals surface area contributed by atoms with E-state index in [4.69, 9.17) is 0 Å². The van der Waals surface area contributed by atoms with Gasteiger partial charge in [0.15, 0.2) is 6.29 Å². The van der Waals surface area contributed by atoms with Gasteiger partial charge < -0.3 is 0 Å². The molecule has 2 aromatic heterocycles. The zero-order chi connectivity index (χ0) is 13.4. The van der Waals surface area contributed by atoms with E-state index in [0.717, 1.165) is 6.29 Å². The van der Waals surface area contributed by atoms with Gasteiger partial charge in [-0.25, -0.2) is 9.78 Å². The maximum Gasteiger partial charge on any atom is 0.328 e. The highest BCUT2D eigenvalue weighted by Gasteiger charge is 2.26. The molecule has 1 fully saturated rings. The fourth-order valence-electron chi connectivity index (χ4n) is 2.14. The molecule has 0 spiro atoms. The normalized spacial score (nSPS) is 15.7. The van der Waals surface area contributed by atoms with Crippen molar-refractivity contribution in [1.82, 2.24) is 14.7 Å². The minimum atomic E-state index is -0.460. The molecule has 1 aliphatic heterocycles. The Kier molecular flexibility index (Phi) is 2.52. The van der Waals surface area contributed by atoms with Crippen LogP contribution in [0.5, 0.6) is 0 Å². The fourth-order valence-corrected chi connectivity index (χ4v) is 2.14. The lowest BCUT2D eigenvalue weighted by Crippen LogP contribution is -2.49. The summed E-state index contributed by atoms with van der Waals surface area (Å²) in [7, 11) is 0. The summed E-state index contributed by atoms with van der Waals surface area (Å²) in [6.07, 6.45) is 4.06. The summed E-state index contributed by atoms with van der Waals surface area (Å²) in [6.45, 7) is 0.311. The second-order valence-electron chi connectivity index (χ2n) is 4.17. The number of fused-ring (bicyclic) bond motifs is 1. The molecule has 1 aliphatic rings. The van der Waals surface area contributed by atoms with Gasteiger partial charge in [0.1, 0.15) is 0 Å². The third-order valence-corrected chi connectivity index (χ3v) is 3.06. The van der Waals surface area contributed by atoms with Crippen molar-refractivity contribution in [2.24, 2.45) is 0 Å². The summed E-state index contributed by atoms with van der Waals surface area (Å²) >= 11 is 0. The molecule has 19 heavy (non-hydrogen) atoms. The Bertz CT molecular complexity index is 691. The van der Waals surface area contributed by atoms with Crippen LogP contribution in [0, 0.1) is 0 Å². The number of nitrogens with one attached hydrogen (secondary N) is 1. The predicted octanol–water partition coefficient (Wildman–Crippen LogP) is 0.593. The first kappa shape index (κ1) is 11.4. The van der Waals surface area contributed by atoms with Crippen LogP contribution >= 0.6 is 0 Å². The summed E-state index contributed by atoms with van der Waals surface area (Å²) in [5.41, 5.74) is 1.71. The lowest BCUT2D eigenvalue weighted by atomic mass is 10.2. The standard InChI is InChI=1S/C12H10N4O3/c17-6-8-1-2-9(10-5-13-7-16(8)10)15-4-3-11(18)14-12(15)19/h1-2,5-7H,3-4H2,(H,14,18,19). The first-order valence-corrected chi connectivity index (χ1v) is 5.72. The highest BCUT2D eigenvalue weighted by molar-refractivity contribution is 6.07. The van der Waals surface area contributed by atoms with E-state index in [0.29, 0.717) is 23.4 Å². The summed E-state index contributed by atoms with van der Waals surface area (Å²) in [4.78, 5) is 39.3. The first-order chi connectivity index (χ1) is 9.20. The van der Waals surface area contributed by atoms with Crippen molar-refractivity contribution < 1.29 is 14.4 Å². The van der Waals surface area contributed by atoms with Crippen LogP contribution < -0.4 is 10.2 Å². The lowest BCUT2D eigenvalue weighted by Gasteiger charge is -2.27. The molecule has 0 aromatic carbocycles. The van der Waals surface area contributed by atoms with Crippen LogP contribution in [-0.4, -0.2) is 34.2 Å². The van der Waals surface area contributed by atoms with Gasteiger partial charge in [0.05, 0.1) is 29.4 Å². The van der Waals surface area contributed by atoms with Crippen molar-refractivity contribution in [1.29, 1.82) is 0 Å². The molecule has 1 N–H and O–H groups in total. The molecule has 0 saturated carbocycles. The largest absolute Gasteiger partial charge is 0.328 e. The predicted molar refractivity (Wildman–Crippen MR) is 66.1 cm³/mol. The molecule has 7 heteroatoms. The second kappa shape index (κ2) is 4.20. The Balaban J connectivity index is 2.11. The first-order valence-electron chi connectivity index (χ1n) is 5.72. The third-order valence-electron chi connectivity index (χ3n) is 3.06. The van der Waals surface area contributed by atoms with Gasteiger partial charge in [-0.3, -0.25) is 24.2 Å². The van der Waals surface area contributed by atoms with E-state index in [9.17, 15) is 14.4 Å². The van der Waals surface area contributed by atoms with Gasteiger partial charge in [-0.1, -0.05) is 0 Å². The SMILES string of the molecule is O=Cc1ccc(N2CCC(=O)NC2=O)c2cncn12. The molecule has 96 valence electrons. The zero-order valence-electron chi connectivity index (χ0n) is 9.87. The van der Waals surface area contributed by atoms with E-state index in [1.807, 2.05) is 0 Å².